The lowest BCUT2D eigenvalue weighted by Gasteiger charge is -2.05. The van der Waals surface area contributed by atoms with E-state index in [0.717, 1.165) is 22.2 Å². The first-order valence-electron chi connectivity index (χ1n) is 10.3. The van der Waals surface area contributed by atoms with Gasteiger partial charge in [-0.05, 0) is 48.0 Å². The zero-order chi connectivity index (χ0) is 24.8. The zero-order valence-corrected chi connectivity index (χ0v) is 19.5. The van der Waals surface area contributed by atoms with E-state index in [0.29, 0.717) is 15.5 Å². The molecule has 0 unspecified atom stereocenters. The quantitative estimate of drug-likeness (QED) is 0.162. The number of amides is 2. The largest absolute Gasteiger partial charge is 0.422 e. The zero-order valence-electron chi connectivity index (χ0n) is 18.0. The predicted molar refractivity (Wildman–Crippen MR) is 133 cm³/mol. The van der Waals surface area contributed by atoms with Crippen molar-refractivity contribution in [1.29, 1.82) is 0 Å². The van der Waals surface area contributed by atoms with Crippen LogP contribution >= 0.6 is 22.9 Å². The van der Waals surface area contributed by atoms with Crippen LogP contribution in [0.3, 0.4) is 0 Å². The molecule has 10 heteroatoms. The van der Waals surface area contributed by atoms with Gasteiger partial charge in [-0.2, -0.15) is 5.10 Å². The first-order valence-corrected chi connectivity index (χ1v) is 11.4. The molecule has 176 valence electrons. The molecule has 35 heavy (non-hydrogen) atoms. The van der Waals surface area contributed by atoms with Crippen molar-refractivity contribution in [2.24, 2.45) is 5.10 Å². The summed E-state index contributed by atoms with van der Waals surface area (Å²) < 4.78 is 19.3. The topological polar surface area (TPSA) is 96.9 Å². The molecular weight excluding hydrogens is 493 g/mol. The van der Waals surface area contributed by atoms with Crippen LogP contribution in [-0.2, 0) is 4.79 Å². The van der Waals surface area contributed by atoms with Gasteiger partial charge in [-0.25, -0.2) is 14.6 Å². The summed E-state index contributed by atoms with van der Waals surface area (Å²) in [5, 5.41) is 7.39. The van der Waals surface area contributed by atoms with Crippen molar-refractivity contribution in [3.8, 4) is 5.75 Å². The summed E-state index contributed by atoms with van der Waals surface area (Å²) in [6, 6.07) is 18.9. The molecule has 1 aromatic heterocycles. The van der Waals surface area contributed by atoms with Crippen LogP contribution in [0.25, 0.3) is 10.1 Å². The van der Waals surface area contributed by atoms with Gasteiger partial charge in [0.2, 0.25) is 0 Å². The van der Waals surface area contributed by atoms with Crippen LogP contribution in [0.2, 0.25) is 5.02 Å². The molecule has 7 nitrogen and oxygen atoms in total. The van der Waals surface area contributed by atoms with E-state index >= 15 is 0 Å². The van der Waals surface area contributed by atoms with Gasteiger partial charge in [-0.1, -0.05) is 41.9 Å². The van der Waals surface area contributed by atoms with E-state index in [9.17, 15) is 18.8 Å². The highest BCUT2D eigenvalue weighted by Crippen LogP contribution is 2.35. The molecule has 0 radical (unpaired) electrons. The number of hydrogen-bond donors (Lipinski definition) is 2. The third-order valence-corrected chi connectivity index (χ3v) is 6.36. The predicted octanol–water partition coefficient (Wildman–Crippen LogP) is 4.79. The minimum absolute atomic E-state index is 0.228. The van der Waals surface area contributed by atoms with Gasteiger partial charge in [0.05, 0.1) is 17.8 Å². The van der Waals surface area contributed by atoms with Crippen molar-refractivity contribution in [3.63, 3.8) is 0 Å². The van der Waals surface area contributed by atoms with E-state index in [4.69, 9.17) is 16.3 Å². The summed E-state index contributed by atoms with van der Waals surface area (Å²) in [5.74, 6) is -1.83. The molecule has 2 N–H and O–H groups in total. The number of nitrogens with zero attached hydrogens (tertiary/aromatic N) is 1. The molecule has 3 aromatic carbocycles. The van der Waals surface area contributed by atoms with E-state index in [2.05, 4.69) is 15.8 Å². The fourth-order valence-corrected chi connectivity index (χ4v) is 4.42. The van der Waals surface area contributed by atoms with Crippen LogP contribution in [0, 0.1) is 5.82 Å². The molecule has 0 saturated heterocycles. The van der Waals surface area contributed by atoms with Crippen LogP contribution < -0.4 is 15.5 Å². The number of hydrogen-bond acceptors (Lipinski definition) is 6. The van der Waals surface area contributed by atoms with E-state index < -0.39 is 23.6 Å². The average Bonchev–Trinajstić information content (AvgIpc) is 3.20. The van der Waals surface area contributed by atoms with Gasteiger partial charge in [0.1, 0.15) is 16.4 Å². The number of ether oxygens (including phenoxy) is 1. The maximum Gasteiger partial charge on any atom is 0.355 e. The molecule has 2 amide bonds. The molecule has 1 heterocycles. The van der Waals surface area contributed by atoms with Crippen LogP contribution in [-0.4, -0.2) is 30.5 Å². The summed E-state index contributed by atoms with van der Waals surface area (Å²) in [6.45, 7) is -0.318. The number of benzene rings is 3. The first kappa shape index (κ1) is 24.1. The van der Waals surface area contributed by atoms with Crippen molar-refractivity contribution in [1.82, 2.24) is 10.7 Å². The first-order chi connectivity index (χ1) is 16.9. The highest BCUT2D eigenvalue weighted by molar-refractivity contribution is 7.21. The number of carbonyl (C=O) groups excluding carboxylic acids is 3. The van der Waals surface area contributed by atoms with Gasteiger partial charge < -0.3 is 10.1 Å². The van der Waals surface area contributed by atoms with Gasteiger partial charge in [-0.3, -0.25) is 9.59 Å². The van der Waals surface area contributed by atoms with Gasteiger partial charge >= 0.3 is 5.97 Å². The van der Waals surface area contributed by atoms with Crippen molar-refractivity contribution >= 4 is 57.0 Å². The lowest BCUT2D eigenvalue weighted by atomic mass is 10.2. The fourth-order valence-electron chi connectivity index (χ4n) is 3.04. The van der Waals surface area contributed by atoms with Crippen molar-refractivity contribution in [2.75, 3.05) is 6.54 Å². The van der Waals surface area contributed by atoms with Gasteiger partial charge in [0.15, 0.2) is 0 Å². The Morgan fingerprint density at radius 1 is 1.03 bits per heavy atom. The normalized spacial score (nSPS) is 10.9. The van der Waals surface area contributed by atoms with Gasteiger partial charge in [0, 0.05) is 15.6 Å². The molecular formula is C25H17ClFN3O4S. The standard InChI is InChI=1S/C25H17ClFN3O4S/c26-22-19-6-1-2-7-20(19)35-23(22)25(33)34-18-5-3-4-15(12-18)13-29-30-21(31)14-28-24(32)16-8-10-17(27)11-9-16/h1-13H,14H2,(H,28,32)(H,30,31)/b29-13-. The lowest BCUT2D eigenvalue weighted by Crippen LogP contribution is -2.34. The SMILES string of the molecule is O=C(CNC(=O)c1ccc(F)cc1)N/N=C\c1cccc(OC(=O)c2sc3ccccc3c2Cl)c1. The van der Waals surface area contributed by atoms with Crippen LogP contribution in [0.4, 0.5) is 4.39 Å². The number of carbonyl (C=O) groups is 3. The Bertz CT molecular complexity index is 1440. The lowest BCUT2D eigenvalue weighted by molar-refractivity contribution is -0.120. The summed E-state index contributed by atoms with van der Waals surface area (Å²) in [5.41, 5.74) is 3.08. The highest BCUT2D eigenvalue weighted by Gasteiger charge is 2.19. The molecule has 0 bridgehead atoms. The second kappa shape index (κ2) is 10.9. The monoisotopic (exact) mass is 509 g/mol. The van der Waals surface area contributed by atoms with Crippen LogP contribution in [0.15, 0.2) is 77.9 Å². The number of fused-ring (bicyclic) bond motifs is 1. The molecule has 0 saturated carbocycles. The minimum atomic E-state index is -0.574. The molecule has 0 fully saturated rings. The van der Waals surface area contributed by atoms with Crippen LogP contribution in [0.5, 0.6) is 5.75 Å². The Morgan fingerprint density at radius 3 is 2.57 bits per heavy atom. The molecule has 0 atom stereocenters. The van der Waals surface area contributed by atoms with E-state index in [-0.39, 0.29) is 17.9 Å². The number of nitrogens with one attached hydrogen (secondary N) is 2. The van der Waals surface area contributed by atoms with E-state index in [1.807, 2.05) is 24.3 Å². The highest BCUT2D eigenvalue weighted by atomic mass is 35.5. The maximum absolute atomic E-state index is 12.9. The Balaban J connectivity index is 1.31. The summed E-state index contributed by atoms with van der Waals surface area (Å²) in [6.07, 6.45) is 1.36. The Morgan fingerprint density at radius 2 is 1.80 bits per heavy atom. The van der Waals surface area contributed by atoms with E-state index in [1.54, 1.807) is 24.3 Å². The van der Waals surface area contributed by atoms with Crippen molar-refractivity contribution in [2.45, 2.75) is 0 Å². The second-order valence-corrected chi connectivity index (χ2v) is 8.62. The number of rotatable bonds is 7. The smallest absolute Gasteiger partial charge is 0.355 e. The number of hydrazone groups is 1. The fraction of sp³-hybridized carbons (Fsp3) is 0.0400. The van der Waals surface area contributed by atoms with E-state index in [1.165, 1.54) is 29.7 Å². The van der Waals surface area contributed by atoms with Crippen molar-refractivity contribution < 1.29 is 23.5 Å². The third kappa shape index (κ3) is 6.08. The molecule has 0 aliphatic carbocycles. The molecule has 0 aliphatic heterocycles. The third-order valence-electron chi connectivity index (χ3n) is 4.71. The number of halogens is 2. The van der Waals surface area contributed by atoms with Gasteiger partial charge in [-0.15, -0.1) is 11.3 Å². The molecule has 0 spiro atoms. The Labute approximate surface area is 208 Å². The Hall–Kier alpha value is -4.08. The number of thiophene rings is 1. The molecule has 4 aromatic rings. The van der Waals surface area contributed by atoms with Gasteiger partial charge in [0.25, 0.3) is 11.8 Å². The summed E-state index contributed by atoms with van der Waals surface area (Å²) >= 11 is 7.59. The second-order valence-electron chi connectivity index (χ2n) is 7.19. The average molecular weight is 510 g/mol. The molecule has 4 rings (SSSR count). The summed E-state index contributed by atoms with van der Waals surface area (Å²) in [4.78, 5) is 36.8. The summed E-state index contributed by atoms with van der Waals surface area (Å²) in [7, 11) is 0. The van der Waals surface area contributed by atoms with Crippen LogP contribution in [0.1, 0.15) is 25.6 Å². The van der Waals surface area contributed by atoms with Crippen molar-refractivity contribution in [3.05, 3.63) is 99.6 Å². The minimum Gasteiger partial charge on any atom is -0.422 e. The molecule has 0 aliphatic rings. The maximum atomic E-state index is 12.9. The number of esters is 1. The Kier molecular flexibility index (Phi) is 7.49.